The zero-order valence-electron chi connectivity index (χ0n) is 11.8. The highest BCUT2D eigenvalue weighted by molar-refractivity contribution is 5.96. The van der Waals surface area contributed by atoms with E-state index < -0.39 is 4.92 Å². The fourth-order valence-electron chi connectivity index (χ4n) is 2.37. The maximum Gasteiger partial charge on any atom is 0.293 e. The summed E-state index contributed by atoms with van der Waals surface area (Å²) in [5.74, 6) is 5.03. The molecule has 21 heavy (non-hydrogen) atoms. The molecule has 1 aliphatic rings. The minimum atomic E-state index is -0.548. The van der Waals surface area contributed by atoms with Crippen LogP contribution in [0, 0.1) is 10.1 Å². The van der Waals surface area contributed by atoms with E-state index in [-0.39, 0.29) is 23.3 Å². The van der Waals surface area contributed by atoms with E-state index in [1.165, 1.54) is 18.2 Å². The number of piperidine rings is 1. The van der Waals surface area contributed by atoms with Crippen LogP contribution in [0.4, 0.5) is 11.4 Å². The molecular weight excluding hydrogens is 274 g/mol. The summed E-state index contributed by atoms with van der Waals surface area (Å²) >= 11 is 0. The van der Waals surface area contributed by atoms with E-state index in [1.54, 1.807) is 0 Å². The summed E-state index contributed by atoms with van der Waals surface area (Å²) < 4.78 is 0. The number of nitrogens with two attached hydrogens (primary N) is 1. The lowest BCUT2D eigenvalue weighted by Crippen LogP contribution is -2.43. The summed E-state index contributed by atoms with van der Waals surface area (Å²) in [5.41, 5.74) is 2.57. The molecule has 2 rings (SSSR count). The van der Waals surface area contributed by atoms with Crippen LogP contribution in [0.25, 0.3) is 0 Å². The van der Waals surface area contributed by atoms with Gasteiger partial charge >= 0.3 is 0 Å². The van der Waals surface area contributed by atoms with Crippen molar-refractivity contribution in [2.24, 2.45) is 5.84 Å². The lowest BCUT2D eigenvalue weighted by Gasteiger charge is -2.29. The Morgan fingerprint density at radius 3 is 2.67 bits per heavy atom. The van der Waals surface area contributed by atoms with Crippen molar-refractivity contribution in [2.75, 3.05) is 25.6 Å². The molecule has 8 nitrogen and oxygen atoms in total. The summed E-state index contributed by atoms with van der Waals surface area (Å²) in [4.78, 5) is 24.7. The SMILES string of the molecule is CN1CCC(NC(=O)c2ccc([N+](=O)[O-])c(NN)c2)CC1. The van der Waals surface area contributed by atoms with Crippen LogP contribution >= 0.6 is 0 Å². The number of nitrogen functional groups attached to an aromatic ring is 1. The predicted molar refractivity (Wildman–Crippen MR) is 78.9 cm³/mol. The average Bonchev–Trinajstić information content (AvgIpc) is 2.48. The molecular formula is C13H19N5O3. The zero-order valence-corrected chi connectivity index (χ0v) is 11.8. The molecule has 0 bridgehead atoms. The molecule has 0 aliphatic carbocycles. The number of hydrazine groups is 1. The molecule has 4 N–H and O–H groups in total. The van der Waals surface area contributed by atoms with Gasteiger partial charge in [0.15, 0.2) is 0 Å². The van der Waals surface area contributed by atoms with E-state index in [0.717, 1.165) is 25.9 Å². The fraction of sp³-hybridized carbons (Fsp3) is 0.462. The van der Waals surface area contributed by atoms with Crippen LogP contribution in [0.3, 0.4) is 0 Å². The molecule has 114 valence electrons. The van der Waals surface area contributed by atoms with Gasteiger partial charge in [0, 0.05) is 17.7 Å². The van der Waals surface area contributed by atoms with E-state index in [2.05, 4.69) is 15.6 Å². The second-order valence-corrected chi connectivity index (χ2v) is 5.18. The lowest BCUT2D eigenvalue weighted by atomic mass is 10.0. The van der Waals surface area contributed by atoms with E-state index in [1.807, 2.05) is 7.05 Å². The molecule has 1 heterocycles. The van der Waals surface area contributed by atoms with Gasteiger partial charge in [-0.3, -0.25) is 20.8 Å². The molecule has 1 amide bonds. The third-order valence-electron chi connectivity index (χ3n) is 3.66. The van der Waals surface area contributed by atoms with Gasteiger partial charge in [0.2, 0.25) is 0 Å². The molecule has 1 aliphatic heterocycles. The van der Waals surface area contributed by atoms with Crippen molar-refractivity contribution in [1.29, 1.82) is 0 Å². The van der Waals surface area contributed by atoms with Crippen LogP contribution < -0.4 is 16.6 Å². The van der Waals surface area contributed by atoms with Crippen molar-refractivity contribution in [3.05, 3.63) is 33.9 Å². The molecule has 1 aromatic rings. The highest BCUT2D eigenvalue weighted by atomic mass is 16.6. The van der Waals surface area contributed by atoms with Crippen molar-refractivity contribution in [3.63, 3.8) is 0 Å². The third-order valence-corrected chi connectivity index (χ3v) is 3.66. The summed E-state index contributed by atoms with van der Waals surface area (Å²) in [5, 5.41) is 13.8. The first-order chi connectivity index (χ1) is 10.0. The number of nitro groups is 1. The number of hydrogen-bond acceptors (Lipinski definition) is 6. The fourth-order valence-corrected chi connectivity index (χ4v) is 2.37. The second-order valence-electron chi connectivity index (χ2n) is 5.18. The van der Waals surface area contributed by atoms with Gasteiger partial charge in [0.25, 0.3) is 11.6 Å². The number of nitrogens with one attached hydrogen (secondary N) is 2. The Balaban J connectivity index is 2.07. The number of nitro benzene ring substituents is 1. The maximum absolute atomic E-state index is 12.2. The first-order valence-electron chi connectivity index (χ1n) is 6.75. The minimum absolute atomic E-state index is 0.121. The van der Waals surface area contributed by atoms with Crippen molar-refractivity contribution >= 4 is 17.3 Å². The Kier molecular flexibility index (Phi) is 4.71. The van der Waals surface area contributed by atoms with E-state index >= 15 is 0 Å². The van der Waals surface area contributed by atoms with Gasteiger partial charge in [-0.15, -0.1) is 0 Å². The van der Waals surface area contributed by atoms with Crippen LogP contribution in [0.2, 0.25) is 0 Å². The van der Waals surface area contributed by atoms with Gasteiger partial charge in [-0.05, 0) is 45.1 Å². The molecule has 1 fully saturated rings. The Hall–Kier alpha value is -2.19. The number of carbonyl (C=O) groups is 1. The van der Waals surface area contributed by atoms with E-state index in [4.69, 9.17) is 5.84 Å². The highest BCUT2D eigenvalue weighted by Crippen LogP contribution is 2.24. The number of hydrogen-bond donors (Lipinski definition) is 3. The molecule has 0 unspecified atom stereocenters. The number of rotatable bonds is 4. The molecule has 0 saturated carbocycles. The Morgan fingerprint density at radius 2 is 2.10 bits per heavy atom. The predicted octanol–water partition coefficient (Wildman–Crippen LogP) is 0.704. The topological polar surface area (TPSA) is 114 Å². The van der Waals surface area contributed by atoms with Crippen molar-refractivity contribution in [3.8, 4) is 0 Å². The van der Waals surface area contributed by atoms with Gasteiger partial charge < -0.3 is 15.6 Å². The summed E-state index contributed by atoms with van der Waals surface area (Å²) in [6, 6.07) is 4.24. The average molecular weight is 293 g/mol. The standard InChI is InChI=1S/C13H19N5O3/c1-17-6-4-10(5-7-17)15-13(19)9-2-3-12(18(20)21)11(8-9)16-14/h2-3,8,10,16H,4-7,14H2,1H3,(H,15,19). The molecule has 1 aromatic carbocycles. The molecule has 0 spiro atoms. The van der Waals surface area contributed by atoms with E-state index in [0.29, 0.717) is 5.56 Å². The number of carbonyl (C=O) groups excluding carboxylic acids is 1. The summed E-state index contributed by atoms with van der Waals surface area (Å²) in [7, 11) is 2.05. The van der Waals surface area contributed by atoms with Crippen molar-refractivity contribution in [2.45, 2.75) is 18.9 Å². The third kappa shape index (κ3) is 3.67. The van der Waals surface area contributed by atoms with Gasteiger partial charge in [-0.25, -0.2) is 0 Å². The molecule has 0 atom stereocenters. The Morgan fingerprint density at radius 1 is 1.43 bits per heavy atom. The van der Waals surface area contributed by atoms with Crippen LogP contribution in [0.5, 0.6) is 0 Å². The van der Waals surface area contributed by atoms with Crippen LogP contribution in [0.1, 0.15) is 23.2 Å². The smallest absolute Gasteiger partial charge is 0.293 e. The second kappa shape index (κ2) is 6.51. The molecule has 8 heteroatoms. The highest BCUT2D eigenvalue weighted by Gasteiger charge is 2.21. The zero-order chi connectivity index (χ0) is 15.4. The Labute approximate surface area is 122 Å². The van der Waals surface area contributed by atoms with Crippen LogP contribution in [0.15, 0.2) is 18.2 Å². The number of likely N-dealkylation sites (tertiary alicyclic amines) is 1. The molecule has 1 saturated heterocycles. The van der Waals surface area contributed by atoms with Gasteiger partial charge in [-0.1, -0.05) is 0 Å². The van der Waals surface area contributed by atoms with Gasteiger partial charge in [0.05, 0.1) is 4.92 Å². The normalized spacial score (nSPS) is 16.5. The van der Waals surface area contributed by atoms with Gasteiger partial charge in [0.1, 0.15) is 5.69 Å². The number of anilines is 1. The first-order valence-corrected chi connectivity index (χ1v) is 6.75. The van der Waals surface area contributed by atoms with E-state index in [9.17, 15) is 14.9 Å². The summed E-state index contributed by atoms with van der Waals surface area (Å²) in [6.07, 6.45) is 1.80. The minimum Gasteiger partial charge on any atom is -0.349 e. The Bertz CT molecular complexity index is 541. The van der Waals surface area contributed by atoms with Crippen molar-refractivity contribution in [1.82, 2.24) is 10.2 Å². The monoisotopic (exact) mass is 293 g/mol. The molecule has 0 radical (unpaired) electrons. The lowest BCUT2D eigenvalue weighted by molar-refractivity contribution is -0.384. The summed E-state index contributed by atoms with van der Waals surface area (Å²) in [6.45, 7) is 1.89. The van der Waals surface area contributed by atoms with Gasteiger partial charge in [-0.2, -0.15) is 0 Å². The largest absolute Gasteiger partial charge is 0.349 e. The number of amides is 1. The first kappa shape index (κ1) is 15.2. The van der Waals surface area contributed by atoms with Crippen molar-refractivity contribution < 1.29 is 9.72 Å². The van der Waals surface area contributed by atoms with Crippen LogP contribution in [-0.4, -0.2) is 41.9 Å². The molecule has 0 aromatic heterocycles. The number of benzene rings is 1. The maximum atomic E-state index is 12.2. The van der Waals surface area contributed by atoms with Crippen LogP contribution in [-0.2, 0) is 0 Å². The quantitative estimate of drug-likeness (QED) is 0.428. The number of nitrogens with zero attached hydrogens (tertiary/aromatic N) is 2.